The van der Waals surface area contributed by atoms with Crippen LogP contribution in [0.15, 0.2) is 24.4 Å². The zero-order chi connectivity index (χ0) is 11.1. The van der Waals surface area contributed by atoms with Crippen LogP contribution in [0.25, 0.3) is 0 Å². The summed E-state index contributed by atoms with van der Waals surface area (Å²) in [7, 11) is 0. The first-order valence-corrected chi connectivity index (χ1v) is 5.20. The summed E-state index contributed by atoms with van der Waals surface area (Å²) in [5.74, 6) is 0. The van der Waals surface area contributed by atoms with Crippen LogP contribution in [0.5, 0.6) is 0 Å². The molecule has 15 heavy (non-hydrogen) atoms. The van der Waals surface area contributed by atoms with E-state index >= 15 is 0 Å². The highest BCUT2D eigenvalue weighted by Crippen LogP contribution is 1.94. The maximum absolute atomic E-state index is 11.6. The van der Waals surface area contributed by atoms with Gasteiger partial charge in [0, 0.05) is 19.3 Å². The molecule has 0 aromatic carbocycles. The fourth-order valence-electron chi connectivity index (χ4n) is 1.29. The Morgan fingerprint density at radius 3 is 2.67 bits per heavy atom. The first kappa shape index (κ1) is 11.5. The van der Waals surface area contributed by atoms with Crippen LogP contribution >= 0.6 is 0 Å². The molecular formula is C11H17N3O. The van der Waals surface area contributed by atoms with Crippen LogP contribution in [0.4, 0.5) is 4.79 Å². The van der Waals surface area contributed by atoms with Crippen molar-refractivity contribution in [2.75, 3.05) is 13.1 Å². The molecule has 0 aliphatic heterocycles. The van der Waals surface area contributed by atoms with E-state index in [9.17, 15) is 4.79 Å². The normalized spacial score (nSPS) is 9.73. The number of pyridine rings is 1. The predicted octanol–water partition coefficient (Wildman–Crippen LogP) is 1.63. The van der Waals surface area contributed by atoms with Crippen molar-refractivity contribution in [3.05, 3.63) is 30.1 Å². The number of carbonyl (C=O) groups is 1. The van der Waals surface area contributed by atoms with E-state index in [-0.39, 0.29) is 6.03 Å². The molecule has 1 heterocycles. The first-order chi connectivity index (χ1) is 7.27. The van der Waals surface area contributed by atoms with E-state index in [1.807, 2.05) is 32.0 Å². The van der Waals surface area contributed by atoms with Gasteiger partial charge in [-0.3, -0.25) is 4.98 Å². The van der Waals surface area contributed by atoms with Crippen molar-refractivity contribution in [1.82, 2.24) is 15.2 Å². The molecular weight excluding hydrogens is 190 g/mol. The first-order valence-electron chi connectivity index (χ1n) is 5.20. The Hall–Kier alpha value is -1.58. The Balaban J connectivity index is 2.40. The zero-order valence-corrected chi connectivity index (χ0v) is 9.23. The van der Waals surface area contributed by atoms with Gasteiger partial charge in [-0.1, -0.05) is 6.07 Å². The zero-order valence-electron chi connectivity index (χ0n) is 9.23. The lowest BCUT2D eigenvalue weighted by molar-refractivity contribution is 0.202. The van der Waals surface area contributed by atoms with E-state index in [1.54, 1.807) is 11.1 Å². The van der Waals surface area contributed by atoms with Crippen LogP contribution in [-0.4, -0.2) is 29.0 Å². The molecule has 2 amide bonds. The highest BCUT2D eigenvalue weighted by Gasteiger charge is 2.07. The summed E-state index contributed by atoms with van der Waals surface area (Å²) >= 11 is 0. The van der Waals surface area contributed by atoms with Crippen molar-refractivity contribution in [3.63, 3.8) is 0 Å². The Morgan fingerprint density at radius 2 is 2.13 bits per heavy atom. The van der Waals surface area contributed by atoms with Gasteiger partial charge in [-0.05, 0) is 26.0 Å². The van der Waals surface area contributed by atoms with Gasteiger partial charge in [-0.15, -0.1) is 0 Å². The van der Waals surface area contributed by atoms with Crippen molar-refractivity contribution in [1.29, 1.82) is 0 Å². The number of amides is 2. The number of nitrogens with one attached hydrogen (secondary N) is 1. The second-order valence-electron chi connectivity index (χ2n) is 3.15. The molecule has 82 valence electrons. The predicted molar refractivity (Wildman–Crippen MR) is 59.4 cm³/mol. The lowest BCUT2D eigenvalue weighted by Crippen LogP contribution is -2.39. The SMILES string of the molecule is CCN(CC)C(=O)NCc1ccccn1. The van der Waals surface area contributed by atoms with E-state index < -0.39 is 0 Å². The number of urea groups is 1. The maximum Gasteiger partial charge on any atom is 0.317 e. The lowest BCUT2D eigenvalue weighted by atomic mass is 10.3. The van der Waals surface area contributed by atoms with Crippen LogP contribution in [0, 0.1) is 0 Å². The highest BCUT2D eigenvalue weighted by molar-refractivity contribution is 5.73. The van der Waals surface area contributed by atoms with E-state index in [0.29, 0.717) is 6.54 Å². The second-order valence-corrected chi connectivity index (χ2v) is 3.15. The molecule has 0 unspecified atom stereocenters. The summed E-state index contributed by atoms with van der Waals surface area (Å²) in [6, 6.07) is 5.62. The number of hydrogen-bond acceptors (Lipinski definition) is 2. The fraction of sp³-hybridized carbons (Fsp3) is 0.455. The molecule has 1 aromatic heterocycles. The van der Waals surface area contributed by atoms with Crippen LogP contribution in [0.3, 0.4) is 0 Å². The third kappa shape index (κ3) is 3.58. The molecule has 1 N–H and O–H groups in total. The topological polar surface area (TPSA) is 45.2 Å². The number of nitrogens with zero attached hydrogens (tertiary/aromatic N) is 2. The number of aromatic nitrogens is 1. The van der Waals surface area contributed by atoms with Gasteiger partial charge in [-0.2, -0.15) is 0 Å². The molecule has 0 radical (unpaired) electrons. The molecule has 1 rings (SSSR count). The van der Waals surface area contributed by atoms with Gasteiger partial charge < -0.3 is 10.2 Å². The number of rotatable bonds is 4. The Kier molecular flexibility index (Phi) is 4.60. The molecule has 1 aromatic rings. The average Bonchev–Trinajstić information content (AvgIpc) is 2.29. The average molecular weight is 207 g/mol. The van der Waals surface area contributed by atoms with Crippen LogP contribution in [0.1, 0.15) is 19.5 Å². The minimum atomic E-state index is -0.0364. The van der Waals surface area contributed by atoms with E-state index in [4.69, 9.17) is 0 Å². The number of hydrogen-bond donors (Lipinski definition) is 1. The molecule has 0 saturated heterocycles. The lowest BCUT2D eigenvalue weighted by Gasteiger charge is -2.18. The quantitative estimate of drug-likeness (QED) is 0.815. The maximum atomic E-state index is 11.6. The van der Waals surface area contributed by atoms with Gasteiger partial charge in [0.1, 0.15) is 0 Å². The molecule has 0 aliphatic carbocycles. The summed E-state index contributed by atoms with van der Waals surface area (Å²) in [5.41, 5.74) is 0.873. The summed E-state index contributed by atoms with van der Waals surface area (Å²) in [5, 5.41) is 2.83. The Bertz CT molecular complexity index is 296. The summed E-state index contributed by atoms with van der Waals surface area (Å²) in [4.78, 5) is 17.4. The van der Waals surface area contributed by atoms with Crippen LogP contribution in [-0.2, 0) is 6.54 Å². The van der Waals surface area contributed by atoms with Crippen molar-refractivity contribution in [2.24, 2.45) is 0 Å². The molecule has 0 bridgehead atoms. The summed E-state index contributed by atoms with van der Waals surface area (Å²) in [6.45, 7) is 5.86. The molecule has 0 saturated carbocycles. The molecule has 4 nitrogen and oxygen atoms in total. The van der Waals surface area contributed by atoms with Crippen molar-refractivity contribution < 1.29 is 4.79 Å². The Labute approximate surface area is 90.3 Å². The number of carbonyl (C=O) groups excluding carboxylic acids is 1. The van der Waals surface area contributed by atoms with E-state index in [1.165, 1.54) is 0 Å². The van der Waals surface area contributed by atoms with Crippen molar-refractivity contribution in [2.45, 2.75) is 20.4 Å². The van der Waals surface area contributed by atoms with Gasteiger partial charge in [0.25, 0.3) is 0 Å². The van der Waals surface area contributed by atoms with Gasteiger partial charge in [0.15, 0.2) is 0 Å². The molecule has 0 aliphatic rings. The van der Waals surface area contributed by atoms with Gasteiger partial charge >= 0.3 is 6.03 Å². The van der Waals surface area contributed by atoms with Gasteiger partial charge in [0.05, 0.1) is 12.2 Å². The van der Waals surface area contributed by atoms with Gasteiger partial charge in [0.2, 0.25) is 0 Å². The van der Waals surface area contributed by atoms with Crippen LogP contribution < -0.4 is 5.32 Å². The van der Waals surface area contributed by atoms with Crippen molar-refractivity contribution in [3.8, 4) is 0 Å². The standard InChI is InChI=1S/C11H17N3O/c1-3-14(4-2)11(15)13-9-10-7-5-6-8-12-10/h5-8H,3-4,9H2,1-2H3,(H,13,15). The highest BCUT2D eigenvalue weighted by atomic mass is 16.2. The third-order valence-corrected chi connectivity index (χ3v) is 2.20. The molecule has 0 spiro atoms. The Morgan fingerprint density at radius 1 is 1.40 bits per heavy atom. The minimum absolute atomic E-state index is 0.0364. The molecule has 0 atom stereocenters. The summed E-state index contributed by atoms with van der Waals surface area (Å²) in [6.07, 6.45) is 1.72. The minimum Gasteiger partial charge on any atom is -0.332 e. The largest absolute Gasteiger partial charge is 0.332 e. The smallest absolute Gasteiger partial charge is 0.317 e. The monoisotopic (exact) mass is 207 g/mol. The second kappa shape index (κ2) is 6.01. The fourth-order valence-corrected chi connectivity index (χ4v) is 1.29. The third-order valence-electron chi connectivity index (χ3n) is 2.20. The van der Waals surface area contributed by atoms with Crippen LogP contribution in [0.2, 0.25) is 0 Å². The van der Waals surface area contributed by atoms with E-state index in [2.05, 4.69) is 10.3 Å². The van der Waals surface area contributed by atoms with Crippen molar-refractivity contribution >= 4 is 6.03 Å². The van der Waals surface area contributed by atoms with Gasteiger partial charge in [-0.25, -0.2) is 4.79 Å². The summed E-state index contributed by atoms with van der Waals surface area (Å²) < 4.78 is 0. The molecule has 4 heteroatoms. The van der Waals surface area contributed by atoms with E-state index in [0.717, 1.165) is 18.8 Å². The molecule has 0 fully saturated rings.